The minimum absolute atomic E-state index is 0.0340. The maximum absolute atomic E-state index is 12.3. The van der Waals surface area contributed by atoms with E-state index < -0.39 is 24.5 Å². The van der Waals surface area contributed by atoms with Crippen LogP contribution in [-0.4, -0.2) is 22.4 Å². The molecule has 0 spiro atoms. The van der Waals surface area contributed by atoms with Gasteiger partial charge in [0.15, 0.2) is 0 Å². The van der Waals surface area contributed by atoms with E-state index in [4.69, 9.17) is 10.8 Å². The van der Waals surface area contributed by atoms with Gasteiger partial charge in [0.05, 0.1) is 6.42 Å². The fourth-order valence-corrected chi connectivity index (χ4v) is 1.87. The number of hydrogen-bond donors (Lipinski definition) is 2. The number of carboxylic acid groups (broad SMARTS) is 1. The molecule has 5 nitrogen and oxygen atoms in total. The Balaban J connectivity index is 3.29. The number of aromatic nitrogens is 1. The first-order valence-electron chi connectivity index (χ1n) is 4.58. The van der Waals surface area contributed by atoms with Crippen molar-refractivity contribution in [2.75, 3.05) is 0 Å². The van der Waals surface area contributed by atoms with Crippen LogP contribution in [0.4, 0.5) is 13.2 Å². The number of aliphatic carboxylic acids is 1. The van der Waals surface area contributed by atoms with E-state index in [2.05, 4.69) is 9.72 Å². The number of nitrogens with two attached hydrogens (primary N) is 1. The average Bonchev–Trinajstić information content (AvgIpc) is 2.20. The normalized spacial score (nSPS) is 11.4. The molecule has 0 bridgehead atoms. The molecule has 1 heterocycles. The topological polar surface area (TPSA) is 85.4 Å². The first-order valence-corrected chi connectivity index (χ1v) is 5.66. The van der Waals surface area contributed by atoms with Crippen LogP contribution in [0, 0.1) is 3.70 Å². The lowest BCUT2D eigenvalue weighted by atomic mass is 10.1. The van der Waals surface area contributed by atoms with Crippen LogP contribution >= 0.6 is 22.6 Å². The van der Waals surface area contributed by atoms with Crippen molar-refractivity contribution < 1.29 is 27.8 Å². The van der Waals surface area contributed by atoms with E-state index in [1.807, 2.05) is 0 Å². The molecule has 0 radical (unpaired) electrons. The van der Waals surface area contributed by atoms with Gasteiger partial charge in [0, 0.05) is 23.9 Å². The third kappa shape index (κ3) is 3.98. The van der Waals surface area contributed by atoms with Gasteiger partial charge in [-0.2, -0.15) is 0 Å². The van der Waals surface area contributed by atoms with E-state index in [0.29, 0.717) is 0 Å². The summed E-state index contributed by atoms with van der Waals surface area (Å²) in [6.45, 7) is -0.232. The first kappa shape index (κ1) is 15.0. The summed E-state index contributed by atoms with van der Waals surface area (Å²) < 4.78 is 40.9. The number of alkyl halides is 3. The highest BCUT2D eigenvalue weighted by atomic mass is 127. The number of carbonyl (C=O) groups is 1. The lowest BCUT2D eigenvalue weighted by molar-refractivity contribution is -0.275. The van der Waals surface area contributed by atoms with Crippen LogP contribution in [0.1, 0.15) is 11.1 Å². The second-order valence-electron chi connectivity index (χ2n) is 3.20. The van der Waals surface area contributed by atoms with Gasteiger partial charge in [0.1, 0.15) is 9.45 Å². The average molecular weight is 376 g/mol. The summed E-state index contributed by atoms with van der Waals surface area (Å²) in [5, 5.41) is 8.62. The summed E-state index contributed by atoms with van der Waals surface area (Å²) in [5.41, 5.74) is 5.20. The summed E-state index contributed by atoms with van der Waals surface area (Å²) in [7, 11) is 0. The maximum atomic E-state index is 12.3. The highest BCUT2D eigenvalue weighted by molar-refractivity contribution is 14.1. The van der Waals surface area contributed by atoms with Crippen molar-refractivity contribution in [1.29, 1.82) is 0 Å². The van der Waals surface area contributed by atoms with Crippen molar-refractivity contribution in [1.82, 2.24) is 4.98 Å². The minimum Gasteiger partial charge on any atom is -0.481 e. The molecular weight excluding hydrogens is 368 g/mol. The van der Waals surface area contributed by atoms with E-state index in [1.54, 1.807) is 22.6 Å². The molecule has 1 aromatic heterocycles. The fraction of sp³-hybridized carbons (Fsp3) is 0.333. The summed E-state index contributed by atoms with van der Waals surface area (Å²) >= 11 is 1.70. The Hall–Kier alpha value is -1.10. The minimum atomic E-state index is -4.92. The predicted molar refractivity (Wildman–Crippen MR) is 62.9 cm³/mol. The Morgan fingerprint density at radius 1 is 1.56 bits per heavy atom. The van der Waals surface area contributed by atoms with Crippen LogP contribution in [0.15, 0.2) is 6.20 Å². The zero-order valence-electron chi connectivity index (χ0n) is 8.79. The highest BCUT2D eigenvalue weighted by Crippen LogP contribution is 2.32. The van der Waals surface area contributed by atoms with E-state index in [-0.39, 0.29) is 21.4 Å². The van der Waals surface area contributed by atoms with Gasteiger partial charge in [-0.15, -0.1) is 13.2 Å². The Morgan fingerprint density at radius 2 is 2.17 bits per heavy atom. The molecular formula is C9H8F3IN2O3. The summed E-state index contributed by atoms with van der Waals surface area (Å²) in [6.07, 6.45) is -4.50. The van der Waals surface area contributed by atoms with Gasteiger partial charge in [0.25, 0.3) is 0 Å². The van der Waals surface area contributed by atoms with Crippen LogP contribution < -0.4 is 10.5 Å². The van der Waals surface area contributed by atoms with Gasteiger partial charge >= 0.3 is 12.3 Å². The number of hydrogen-bond acceptors (Lipinski definition) is 4. The summed E-state index contributed by atoms with van der Waals surface area (Å²) in [4.78, 5) is 14.4. The molecule has 18 heavy (non-hydrogen) atoms. The molecule has 0 unspecified atom stereocenters. The molecule has 9 heteroatoms. The Bertz CT molecular complexity index is 465. The SMILES string of the molecule is NCc1c(I)ncc(CC(=O)O)c1OC(F)(F)F. The van der Waals surface area contributed by atoms with E-state index in [1.165, 1.54) is 0 Å². The number of nitrogens with zero attached hydrogens (tertiary/aromatic N) is 1. The zero-order valence-corrected chi connectivity index (χ0v) is 10.9. The highest BCUT2D eigenvalue weighted by Gasteiger charge is 2.34. The van der Waals surface area contributed by atoms with Crippen molar-refractivity contribution in [3.05, 3.63) is 21.0 Å². The van der Waals surface area contributed by atoms with Crippen LogP contribution in [0.2, 0.25) is 0 Å². The third-order valence-corrected chi connectivity index (χ3v) is 2.84. The van der Waals surface area contributed by atoms with Crippen LogP contribution in [0.5, 0.6) is 5.75 Å². The molecule has 100 valence electrons. The summed E-state index contributed by atoms with van der Waals surface area (Å²) in [5.74, 6) is -1.86. The number of halogens is 4. The van der Waals surface area contributed by atoms with Gasteiger partial charge in [-0.3, -0.25) is 4.79 Å². The molecule has 0 saturated carbocycles. The second kappa shape index (κ2) is 5.69. The molecule has 0 aromatic carbocycles. The number of pyridine rings is 1. The van der Waals surface area contributed by atoms with Gasteiger partial charge in [-0.25, -0.2) is 4.98 Å². The molecule has 0 aliphatic carbocycles. The molecule has 0 atom stereocenters. The smallest absolute Gasteiger partial charge is 0.481 e. The van der Waals surface area contributed by atoms with Crippen molar-refractivity contribution in [2.24, 2.45) is 5.73 Å². The lowest BCUT2D eigenvalue weighted by Gasteiger charge is -2.16. The lowest BCUT2D eigenvalue weighted by Crippen LogP contribution is -2.21. The van der Waals surface area contributed by atoms with Crippen LogP contribution in [0.3, 0.4) is 0 Å². The van der Waals surface area contributed by atoms with E-state index >= 15 is 0 Å². The number of ether oxygens (including phenoxy) is 1. The molecule has 0 aliphatic rings. The molecule has 0 aliphatic heterocycles. The molecule has 0 amide bonds. The molecule has 0 saturated heterocycles. The Morgan fingerprint density at radius 3 is 2.61 bits per heavy atom. The fourth-order valence-electron chi connectivity index (χ4n) is 1.27. The number of carboxylic acids is 1. The molecule has 0 fully saturated rings. The van der Waals surface area contributed by atoms with Gasteiger partial charge in [0.2, 0.25) is 0 Å². The van der Waals surface area contributed by atoms with Crippen molar-refractivity contribution >= 4 is 28.6 Å². The van der Waals surface area contributed by atoms with Gasteiger partial charge < -0.3 is 15.6 Å². The van der Waals surface area contributed by atoms with E-state index in [0.717, 1.165) is 6.20 Å². The quantitative estimate of drug-likeness (QED) is 0.617. The second-order valence-corrected chi connectivity index (χ2v) is 4.23. The van der Waals surface area contributed by atoms with E-state index in [9.17, 15) is 18.0 Å². The number of rotatable bonds is 4. The van der Waals surface area contributed by atoms with Gasteiger partial charge in [-0.1, -0.05) is 0 Å². The van der Waals surface area contributed by atoms with Crippen molar-refractivity contribution in [3.63, 3.8) is 0 Å². The largest absolute Gasteiger partial charge is 0.573 e. The standard InChI is InChI=1S/C9H8F3IN2O3/c10-9(11,12)18-7-4(1-6(16)17)3-15-8(13)5(7)2-14/h3H,1-2,14H2,(H,16,17). The third-order valence-electron chi connectivity index (χ3n) is 1.91. The zero-order chi connectivity index (χ0) is 13.9. The monoisotopic (exact) mass is 376 g/mol. The van der Waals surface area contributed by atoms with Crippen molar-refractivity contribution in [3.8, 4) is 5.75 Å². The van der Waals surface area contributed by atoms with Crippen LogP contribution in [0.25, 0.3) is 0 Å². The van der Waals surface area contributed by atoms with Crippen LogP contribution in [-0.2, 0) is 17.8 Å². The first-order chi connectivity index (χ1) is 8.24. The Kier molecular flexibility index (Phi) is 4.73. The van der Waals surface area contributed by atoms with Gasteiger partial charge in [-0.05, 0) is 22.6 Å². The molecule has 1 aromatic rings. The summed E-state index contributed by atoms with van der Waals surface area (Å²) in [6, 6.07) is 0. The van der Waals surface area contributed by atoms with Crippen molar-refractivity contribution in [2.45, 2.75) is 19.3 Å². The predicted octanol–water partition coefficient (Wildman–Crippen LogP) is 1.67. The molecule has 1 rings (SSSR count). The Labute approximate surface area is 113 Å². The molecule has 3 N–H and O–H groups in total. The maximum Gasteiger partial charge on any atom is 0.573 e.